The first kappa shape index (κ1) is 22.1. The van der Waals surface area contributed by atoms with E-state index in [-0.39, 0.29) is 29.2 Å². The molecule has 0 saturated heterocycles. The Morgan fingerprint density at radius 1 is 1.28 bits per heavy atom. The number of halogens is 1. The Morgan fingerprint density at radius 2 is 2.00 bits per heavy atom. The second-order valence-corrected chi connectivity index (χ2v) is 8.69. The maximum absolute atomic E-state index is 13.1. The first-order valence-corrected chi connectivity index (χ1v) is 11.0. The standard InChI is InChI=1S/C22H23FN4O4S/c1-4-26-11-16(12(2)31-3)27-10-15(19(28)20(29)18(27)22(26)30)21-25-24-17(32-21)9-13-5-7-14(23)8-6-13/h5-8,10,12,16,29H,4,9,11H2,1-3H3/t12-,16-/m1/s1. The van der Waals surface area contributed by atoms with Gasteiger partial charge in [0, 0.05) is 32.8 Å². The van der Waals surface area contributed by atoms with E-state index < -0.39 is 17.1 Å². The van der Waals surface area contributed by atoms with Crippen LogP contribution >= 0.6 is 11.3 Å². The van der Waals surface area contributed by atoms with Crippen molar-refractivity contribution in [2.75, 3.05) is 20.2 Å². The number of methoxy groups -OCH3 is 1. The average molecular weight is 459 g/mol. The van der Waals surface area contributed by atoms with Gasteiger partial charge in [-0.1, -0.05) is 23.5 Å². The molecule has 32 heavy (non-hydrogen) atoms. The third-order valence-corrected chi connectivity index (χ3v) is 6.68. The van der Waals surface area contributed by atoms with Gasteiger partial charge in [0.25, 0.3) is 5.91 Å². The molecule has 1 amide bonds. The minimum Gasteiger partial charge on any atom is -0.503 e. The van der Waals surface area contributed by atoms with Gasteiger partial charge in [0.15, 0.2) is 16.5 Å². The Kier molecular flexibility index (Phi) is 6.07. The molecule has 1 aliphatic heterocycles. The van der Waals surface area contributed by atoms with E-state index in [0.717, 1.165) is 5.56 Å². The average Bonchev–Trinajstić information content (AvgIpc) is 3.25. The number of carbonyl (C=O) groups is 1. The van der Waals surface area contributed by atoms with Crippen molar-refractivity contribution in [2.45, 2.75) is 32.4 Å². The molecule has 1 aliphatic rings. The summed E-state index contributed by atoms with van der Waals surface area (Å²) in [5.74, 6) is -1.32. The molecule has 1 aromatic carbocycles. The molecular weight excluding hydrogens is 435 g/mol. The summed E-state index contributed by atoms with van der Waals surface area (Å²) >= 11 is 1.21. The number of carbonyl (C=O) groups excluding carboxylic acids is 1. The molecule has 0 fully saturated rings. The lowest BCUT2D eigenvalue weighted by Crippen LogP contribution is -2.47. The monoisotopic (exact) mass is 458 g/mol. The van der Waals surface area contributed by atoms with Crippen molar-refractivity contribution in [3.05, 3.63) is 62.8 Å². The lowest BCUT2D eigenvalue weighted by molar-refractivity contribution is 0.0342. The number of hydrogen-bond acceptors (Lipinski definition) is 7. The van der Waals surface area contributed by atoms with E-state index in [4.69, 9.17) is 4.74 Å². The molecule has 10 heteroatoms. The van der Waals surface area contributed by atoms with Gasteiger partial charge in [0.1, 0.15) is 10.8 Å². The number of aromatic hydroxyl groups is 1. The molecule has 0 saturated carbocycles. The summed E-state index contributed by atoms with van der Waals surface area (Å²) in [6, 6.07) is 5.79. The lowest BCUT2D eigenvalue weighted by Gasteiger charge is -2.38. The predicted octanol–water partition coefficient (Wildman–Crippen LogP) is 2.85. The SMILES string of the molecule is CCN1C[C@H]([C@@H](C)OC)n2cc(-c3nnc(Cc4ccc(F)cc4)s3)c(=O)c(O)c2C1=O. The predicted molar refractivity (Wildman–Crippen MR) is 118 cm³/mol. The number of hydrogen-bond donors (Lipinski definition) is 1. The minimum absolute atomic E-state index is 0.0446. The van der Waals surface area contributed by atoms with Crippen LogP contribution in [0.5, 0.6) is 5.75 Å². The Bertz CT molecular complexity index is 1210. The van der Waals surface area contributed by atoms with Crippen molar-refractivity contribution in [1.29, 1.82) is 0 Å². The van der Waals surface area contributed by atoms with Crippen LogP contribution in [0, 0.1) is 5.82 Å². The maximum atomic E-state index is 13.1. The summed E-state index contributed by atoms with van der Waals surface area (Å²) in [7, 11) is 1.58. The smallest absolute Gasteiger partial charge is 0.274 e. The molecule has 2 aromatic heterocycles. The largest absolute Gasteiger partial charge is 0.503 e. The second kappa shape index (κ2) is 8.79. The molecule has 0 unspecified atom stereocenters. The van der Waals surface area contributed by atoms with Gasteiger partial charge in [-0.05, 0) is 31.5 Å². The van der Waals surface area contributed by atoms with Crippen LogP contribution < -0.4 is 5.43 Å². The highest BCUT2D eigenvalue weighted by Crippen LogP contribution is 2.32. The highest BCUT2D eigenvalue weighted by Gasteiger charge is 2.37. The van der Waals surface area contributed by atoms with Gasteiger partial charge < -0.3 is 19.3 Å². The van der Waals surface area contributed by atoms with Crippen LogP contribution in [0.15, 0.2) is 35.3 Å². The van der Waals surface area contributed by atoms with Gasteiger partial charge in [-0.15, -0.1) is 10.2 Å². The minimum atomic E-state index is -0.671. The van der Waals surface area contributed by atoms with Gasteiger partial charge in [-0.3, -0.25) is 9.59 Å². The summed E-state index contributed by atoms with van der Waals surface area (Å²) in [4.78, 5) is 27.4. The first-order chi connectivity index (χ1) is 15.3. The van der Waals surface area contributed by atoms with Crippen LogP contribution in [0.4, 0.5) is 4.39 Å². The summed E-state index contributed by atoms with van der Waals surface area (Å²) in [6.45, 7) is 4.56. The third-order valence-electron chi connectivity index (χ3n) is 5.73. The molecular formula is C22H23FN4O4S. The molecule has 1 N–H and O–H groups in total. The van der Waals surface area contributed by atoms with Crippen LogP contribution in [0.25, 0.3) is 10.6 Å². The Balaban J connectivity index is 1.76. The van der Waals surface area contributed by atoms with Gasteiger partial charge >= 0.3 is 0 Å². The number of ether oxygens (including phenoxy) is 1. The first-order valence-electron chi connectivity index (χ1n) is 10.2. The molecule has 0 aliphatic carbocycles. The van der Waals surface area contributed by atoms with Crippen LogP contribution in [0.3, 0.4) is 0 Å². The van der Waals surface area contributed by atoms with Crippen molar-refractivity contribution < 1.29 is 19.0 Å². The summed E-state index contributed by atoms with van der Waals surface area (Å²) in [6.07, 6.45) is 1.72. The van der Waals surface area contributed by atoms with E-state index in [1.807, 2.05) is 13.8 Å². The Morgan fingerprint density at radius 3 is 2.66 bits per heavy atom. The molecule has 2 atom stereocenters. The van der Waals surface area contributed by atoms with E-state index >= 15 is 0 Å². The molecule has 0 radical (unpaired) electrons. The number of rotatable bonds is 6. The van der Waals surface area contributed by atoms with E-state index in [1.54, 1.807) is 34.9 Å². The summed E-state index contributed by atoms with van der Waals surface area (Å²) < 4.78 is 20.3. The number of pyridine rings is 1. The van der Waals surface area contributed by atoms with Crippen molar-refractivity contribution in [1.82, 2.24) is 19.7 Å². The van der Waals surface area contributed by atoms with Crippen molar-refractivity contribution in [3.63, 3.8) is 0 Å². The van der Waals surface area contributed by atoms with Crippen LogP contribution in [-0.4, -0.2) is 57.0 Å². The van der Waals surface area contributed by atoms with Crippen LogP contribution in [0.2, 0.25) is 0 Å². The van der Waals surface area contributed by atoms with E-state index in [0.29, 0.717) is 29.5 Å². The highest BCUT2D eigenvalue weighted by molar-refractivity contribution is 7.14. The number of benzene rings is 1. The van der Waals surface area contributed by atoms with Gasteiger partial charge in [0.05, 0.1) is 17.7 Å². The van der Waals surface area contributed by atoms with Crippen molar-refractivity contribution in [3.8, 4) is 16.3 Å². The van der Waals surface area contributed by atoms with Crippen molar-refractivity contribution in [2.24, 2.45) is 0 Å². The van der Waals surface area contributed by atoms with Crippen LogP contribution in [-0.2, 0) is 11.2 Å². The van der Waals surface area contributed by atoms with E-state index in [9.17, 15) is 19.1 Å². The van der Waals surface area contributed by atoms with Crippen molar-refractivity contribution >= 4 is 17.2 Å². The molecule has 3 heterocycles. The fourth-order valence-corrected chi connectivity index (χ4v) is 4.69. The van der Waals surface area contributed by atoms with Crippen LogP contribution in [0.1, 0.15) is 40.9 Å². The molecule has 8 nitrogen and oxygen atoms in total. The summed E-state index contributed by atoms with van der Waals surface area (Å²) in [5.41, 5.74) is 0.311. The zero-order valence-electron chi connectivity index (χ0n) is 17.9. The lowest BCUT2D eigenvalue weighted by atomic mass is 10.0. The summed E-state index contributed by atoms with van der Waals surface area (Å²) in [5, 5.41) is 20.0. The molecule has 0 spiro atoms. The maximum Gasteiger partial charge on any atom is 0.274 e. The van der Waals surface area contributed by atoms with Gasteiger partial charge in [-0.2, -0.15) is 0 Å². The number of fused-ring (bicyclic) bond motifs is 1. The number of likely N-dealkylation sites (N-methyl/N-ethyl adjacent to an activating group) is 1. The second-order valence-electron chi connectivity index (χ2n) is 7.63. The topological polar surface area (TPSA) is 97.6 Å². The number of nitrogens with zero attached hydrogens (tertiary/aromatic N) is 4. The molecule has 3 aromatic rings. The van der Waals surface area contributed by atoms with E-state index in [2.05, 4.69) is 10.2 Å². The normalized spacial score (nSPS) is 16.8. The molecule has 4 rings (SSSR count). The number of amides is 1. The fraction of sp³-hybridized carbons (Fsp3) is 0.364. The molecule has 0 bridgehead atoms. The third kappa shape index (κ3) is 3.91. The fourth-order valence-electron chi connectivity index (χ4n) is 3.81. The zero-order valence-corrected chi connectivity index (χ0v) is 18.7. The van der Waals surface area contributed by atoms with Gasteiger partial charge in [0.2, 0.25) is 5.43 Å². The zero-order chi connectivity index (χ0) is 23.0. The van der Waals surface area contributed by atoms with E-state index in [1.165, 1.54) is 23.5 Å². The van der Waals surface area contributed by atoms with Gasteiger partial charge in [-0.25, -0.2) is 4.39 Å². The number of aromatic nitrogens is 3. The quantitative estimate of drug-likeness (QED) is 0.610. The Hall–Kier alpha value is -3.11. The molecule has 168 valence electrons. The highest BCUT2D eigenvalue weighted by atomic mass is 32.1. The Labute approximate surface area is 187 Å².